The first kappa shape index (κ1) is 15.5. The lowest BCUT2D eigenvalue weighted by molar-refractivity contribution is -0.140. The molecule has 0 atom stereocenters. The van der Waals surface area contributed by atoms with E-state index >= 15 is 0 Å². The molecule has 4 saturated carbocycles. The fourth-order valence-corrected chi connectivity index (χ4v) is 6.22. The summed E-state index contributed by atoms with van der Waals surface area (Å²) in [7, 11) is 0. The van der Waals surface area contributed by atoms with Crippen LogP contribution in [0.15, 0.2) is 12.1 Å². The van der Waals surface area contributed by atoms with Crippen LogP contribution < -0.4 is 14.8 Å². The van der Waals surface area contributed by atoms with Gasteiger partial charge >= 0.3 is 0 Å². The average Bonchev–Trinajstić information content (AvgIpc) is 3.01. The molecule has 1 N–H and O–H groups in total. The van der Waals surface area contributed by atoms with E-state index in [1.807, 2.05) is 12.1 Å². The van der Waals surface area contributed by atoms with Crippen LogP contribution in [0.4, 0.5) is 5.69 Å². The second kappa shape index (κ2) is 5.65. The summed E-state index contributed by atoms with van der Waals surface area (Å²) in [6.45, 7) is 2.43. The van der Waals surface area contributed by atoms with Gasteiger partial charge < -0.3 is 14.8 Å². The number of rotatable bonds is 4. The first-order valence-electron chi connectivity index (χ1n) is 9.89. The van der Waals surface area contributed by atoms with Crippen molar-refractivity contribution in [3.8, 4) is 11.5 Å². The number of fused-ring (bicyclic) bond motifs is 1. The van der Waals surface area contributed by atoms with E-state index in [0.717, 1.165) is 72.6 Å². The van der Waals surface area contributed by atoms with E-state index in [9.17, 15) is 4.79 Å². The maximum absolute atomic E-state index is 13.3. The number of aryl methyl sites for hydroxylation is 1. The van der Waals surface area contributed by atoms with Crippen molar-refractivity contribution in [2.24, 2.45) is 23.2 Å². The molecule has 0 spiro atoms. The number of hydrogen-bond acceptors (Lipinski definition) is 3. The van der Waals surface area contributed by atoms with Crippen molar-refractivity contribution in [3.05, 3.63) is 17.7 Å². The molecule has 4 bridgehead atoms. The summed E-state index contributed by atoms with van der Waals surface area (Å²) in [5.74, 6) is 4.15. The van der Waals surface area contributed by atoms with E-state index in [1.54, 1.807) is 0 Å². The van der Waals surface area contributed by atoms with Crippen LogP contribution in [-0.2, 0) is 11.2 Å². The smallest absolute Gasteiger partial charge is 0.231 e. The Morgan fingerprint density at radius 1 is 1.08 bits per heavy atom. The minimum absolute atomic E-state index is 0.116. The normalized spacial score (nSPS) is 34.4. The molecule has 134 valence electrons. The molecule has 1 aliphatic heterocycles. The van der Waals surface area contributed by atoms with Crippen LogP contribution in [-0.4, -0.2) is 12.7 Å². The van der Waals surface area contributed by atoms with Crippen LogP contribution in [0.2, 0.25) is 0 Å². The molecule has 0 unspecified atom stereocenters. The van der Waals surface area contributed by atoms with Crippen LogP contribution in [0.5, 0.6) is 11.5 Å². The van der Waals surface area contributed by atoms with Gasteiger partial charge in [0.25, 0.3) is 0 Å². The Morgan fingerprint density at radius 3 is 2.28 bits per heavy atom. The third-order valence-corrected chi connectivity index (χ3v) is 6.89. The largest absolute Gasteiger partial charge is 0.454 e. The highest BCUT2D eigenvalue weighted by Crippen LogP contribution is 2.60. The molecule has 0 radical (unpaired) electrons. The SMILES string of the molecule is CCCc1cc2c(cc1NC(=O)C13CC4CC(CC(C4)C1)C3)OCO2. The standard InChI is InChI=1S/C21H27NO3/c1-2-3-16-7-18-19(25-12-24-18)8-17(16)22-20(23)21-9-13-4-14(10-21)6-15(5-13)11-21/h7-8,13-15H,2-6,9-12H2,1H3,(H,22,23). The highest BCUT2D eigenvalue weighted by molar-refractivity contribution is 5.96. The van der Waals surface area contributed by atoms with Crippen molar-refractivity contribution in [3.63, 3.8) is 0 Å². The molecule has 1 amide bonds. The summed E-state index contributed by atoms with van der Waals surface area (Å²) >= 11 is 0. The number of anilines is 1. The van der Waals surface area contributed by atoms with Crippen molar-refractivity contribution < 1.29 is 14.3 Å². The van der Waals surface area contributed by atoms with Gasteiger partial charge in [0.15, 0.2) is 11.5 Å². The Hall–Kier alpha value is -1.71. The summed E-state index contributed by atoms with van der Waals surface area (Å²) in [5.41, 5.74) is 1.96. The van der Waals surface area contributed by atoms with Crippen LogP contribution >= 0.6 is 0 Å². The van der Waals surface area contributed by atoms with Gasteiger partial charge in [0.1, 0.15) is 0 Å². The average molecular weight is 341 g/mol. The van der Waals surface area contributed by atoms with Gasteiger partial charge in [-0.1, -0.05) is 13.3 Å². The molecular formula is C21H27NO3. The lowest BCUT2D eigenvalue weighted by atomic mass is 9.49. The quantitative estimate of drug-likeness (QED) is 0.876. The molecule has 4 fully saturated rings. The van der Waals surface area contributed by atoms with Crippen molar-refractivity contribution in [1.29, 1.82) is 0 Å². The van der Waals surface area contributed by atoms with Crippen LogP contribution in [0.3, 0.4) is 0 Å². The summed E-state index contributed by atoms with van der Waals surface area (Å²) in [5, 5.41) is 3.31. The zero-order valence-electron chi connectivity index (χ0n) is 15.0. The predicted octanol–water partition coefficient (Wildman–Crippen LogP) is 4.52. The van der Waals surface area contributed by atoms with E-state index in [-0.39, 0.29) is 18.1 Å². The molecule has 4 nitrogen and oxygen atoms in total. The van der Waals surface area contributed by atoms with Crippen molar-refractivity contribution in [1.82, 2.24) is 0 Å². The number of carbonyl (C=O) groups excluding carboxylic acids is 1. The van der Waals surface area contributed by atoms with E-state index < -0.39 is 0 Å². The first-order valence-corrected chi connectivity index (χ1v) is 9.89. The van der Waals surface area contributed by atoms with Gasteiger partial charge in [-0.15, -0.1) is 0 Å². The monoisotopic (exact) mass is 341 g/mol. The number of amides is 1. The predicted molar refractivity (Wildman–Crippen MR) is 95.8 cm³/mol. The van der Waals surface area contributed by atoms with Gasteiger partial charge in [-0.2, -0.15) is 0 Å². The molecule has 4 heteroatoms. The Balaban J connectivity index is 1.42. The number of benzene rings is 1. The second-order valence-electron chi connectivity index (χ2n) is 8.76. The van der Waals surface area contributed by atoms with E-state index in [2.05, 4.69) is 12.2 Å². The maximum Gasteiger partial charge on any atom is 0.231 e. The molecule has 6 rings (SSSR count). The van der Waals surface area contributed by atoms with E-state index in [4.69, 9.17) is 9.47 Å². The number of nitrogens with one attached hydrogen (secondary N) is 1. The van der Waals surface area contributed by atoms with Crippen molar-refractivity contribution in [2.45, 2.75) is 58.3 Å². The molecule has 1 heterocycles. The molecule has 5 aliphatic rings. The fourth-order valence-electron chi connectivity index (χ4n) is 6.22. The lowest BCUT2D eigenvalue weighted by Crippen LogP contribution is -2.51. The van der Waals surface area contributed by atoms with Crippen LogP contribution in [0.1, 0.15) is 57.4 Å². The Labute approximate surface area is 149 Å². The first-order chi connectivity index (χ1) is 12.1. The lowest BCUT2D eigenvalue weighted by Gasteiger charge is -2.55. The number of hydrogen-bond donors (Lipinski definition) is 1. The third-order valence-electron chi connectivity index (χ3n) is 6.89. The Morgan fingerprint density at radius 2 is 1.68 bits per heavy atom. The van der Waals surface area contributed by atoms with Gasteiger partial charge in [-0.3, -0.25) is 4.79 Å². The van der Waals surface area contributed by atoms with Gasteiger partial charge in [-0.05, 0) is 74.3 Å². The third kappa shape index (κ3) is 2.52. The maximum atomic E-state index is 13.3. The van der Waals surface area contributed by atoms with E-state index in [0.29, 0.717) is 0 Å². The molecule has 1 aromatic rings. The zero-order chi connectivity index (χ0) is 17.0. The summed E-state index contributed by atoms with van der Waals surface area (Å²) in [4.78, 5) is 13.3. The highest BCUT2D eigenvalue weighted by atomic mass is 16.7. The molecule has 1 aromatic carbocycles. The zero-order valence-corrected chi connectivity index (χ0v) is 15.0. The van der Waals surface area contributed by atoms with Crippen LogP contribution in [0.25, 0.3) is 0 Å². The fraction of sp³-hybridized carbons (Fsp3) is 0.667. The second-order valence-corrected chi connectivity index (χ2v) is 8.76. The number of carbonyl (C=O) groups is 1. The molecule has 0 saturated heterocycles. The minimum Gasteiger partial charge on any atom is -0.454 e. The summed E-state index contributed by atoms with van der Waals surface area (Å²) < 4.78 is 11.0. The van der Waals surface area contributed by atoms with Crippen LogP contribution in [0, 0.1) is 23.2 Å². The van der Waals surface area contributed by atoms with Gasteiger partial charge in [0, 0.05) is 11.8 Å². The molecule has 0 aromatic heterocycles. The minimum atomic E-state index is -0.116. The topological polar surface area (TPSA) is 47.6 Å². The number of ether oxygens (including phenoxy) is 2. The molecule has 4 aliphatic carbocycles. The van der Waals surface area contributed by atoms with E-state index in [1.165, 1.54) is 19.3 Å². The van der Waals surface area contributed by atoms with Gasteiger partial charge in [0.05, 0.1) is 5.41 Å². The molecule has 25 heavy (non-hydrogen) atoms. The van der Waals surface area contributed by atoms with Gasteiger partial charge in [-0.25, -0.2) is 0 Å². The molecular weight excluding hydrogens is 314 g/mol. The Kier molecular flexibility index (Phi) is 3.51. The summed E-state index contributed by atoms with van der Waals surface area (Å²) in [6.07, 6.45) is 9.34. The highest BCUT2D eigenvalue weighted by Gasteiger charge is 2.54. The van der Waals surface area contributed by atoms with Crippen molar-refractivity contribution >= 4 is 11.6 Å². The van der Waals surface area contributed by atoms with Crippen molar-refractivity contribution in [2.75, 3.05) is 12.1 Å². The Bertz CT molecular complexity index is 676. The summed E-state index contributed by atoms with van der Waals surface area (Å²) in [6, 6.07) is 4.01. The van der Waals surface area contributed by atoms with Gasteiger partial charge in [0.2, 0.25) is 12.7 Å².